The number of pyridine rings is 1. The molecular weight excluding hydrogens is 307 g/mol. The molecule has 0 spiro atoms. The summed E-state index contributed by atoms with van der Waals surface area (Å²) in [5.74, 6) is -0.463. The fourth-order valence-electron chi connectivity index (χ4n) is 2.80. The van der Waals surface area contributed by atoms with Gasteiger partial charge in [0.15, 0.2) is 0 Å². The van der Waals surface area contributed by atoms with E-state index < -0.39 is 0 Å². The van der Waals surface area contributed by atoms with Crippen molar-refractivity contribution in [1.82, 2.24) is 14.8 Å². The van der Waals surface area contributed by atoms with Crippen LogP contribution in [0.3, 0.4) is 0 Å². The third kappa shape index (κ3) is 4.84. The number of nitrogens with one attached hydrogen (secondary N) is 1. The van der Waals surface area contributed by atoms with Crippen LogP contribution >= 0.6 is 0 Å². The molecule has 1 aromatic carbocycles. The maximum absolute atomic E-state index is 13.1. The molecule has 5 nitrogen and oxygen atoms in total. The van der Waals surface area contributed by atoms with Crippen molar-refractivity contribution in [3.8, 4) is 0 Å². The van der Waals surface area contributed by atoms with Crippen LogP contribution in [0.15, 0.2) is 48.7 Å². The predicted octanol–water partition coefficient (Wildman–Crippen LogP) is 1.98. The molecule has 6 heteroatoms. The summed E-state index contributed by atoms with van der Waals surface area (Å²) >= 11 is 0. The molecule has 0 bridgehead atoms. The van der Waals surface area contributed by atoms with Gasteiger partial charge in [0.25, 0.3) is 0 Å². The van der Waals surface area contributed by atoms with Gasteiger partial charge in [-0.1, -0.05) is 12.1 Å². The van der Waals surface area contributed by atoms with Gasteiger partial charge in [0.05, 0.1) is 12.2 Å². The number of anilines is 1. The Kier molecular flexibility index (Phi) is 5.51. The van der Waals surface area contributed by atoms with Crippen LogP contribution in [-0.4, -0.2) is 53.4 Å². The quantitative estimate of drug-likeness (QED) is 0.912. The van der Waals surface area contributed by atoms with Gasteiger partial charge in [-0.2, -0.15) is 0 Å². The van der Waals surface area contributed by atoms with E-state index in [2.05, 4.69) is 20.1 Å². The fourth-order valence-corrected chi connectivity index (χ4v) is 2.80. The van der Waals surface area contributed by atoms with E-state index in [1.165, 1.54) is 12.1 Å². The van der Waals surface area contributed by atoms with E-state index in [1.54, 1.807) is 12.1 Å². The molecule has 0 aliphatic carbocycles. The van der Waals surface area contributed by atoms with Crippen LogP contribution < -0.4 is 5.32 Å². The van der Waals surface area contributed by atoms with Crippen molar-refractivity contribution < 1.29 is 9.18 Å². The van der Waals surface area contributed by atoms with E-state index in [4.69, 9.17) is 0 Å². The molecule has 0 atom stereocenters. The zero-order chi connectivity index (χ0) is 16.8. The normalized spacial score (nSPS) is 16.0. The number of amides is 1. The molecule has 0 saturated carbocycles. The molecule has 126 valence electrons. The van der Waals surface area contributed by atoms with Gasteiger partial charge in [0, 0.05) is 44.6 Å². The van der Waals surface area contributed by atoms with Crippen molar-refractivity contribution in [2.75, 3.05) is 38.0 Å². The van der Waals surface area contributed by atoms with Gasteiger partial charge in [0.1, 0.15) is 5.82 Å². The molecule has 2 aromatic rings. The van der Waals surface area contributed by atoms with Crippen LogP contribution in [-0.2, 0) is 11.3 Å². The zero-order valence-corrected chi connectivity index (χ0v) is 13.5. The Balaban J connectivity index is 1.42. The Labute approximate surface area is 141 Å². The number of hydrogen-bond donors (Lipinski definition) is 1. The van der Waals surface area contributed by atoms with Crippen molar-refractivity contribution in [3.63, 3.8) is 0 Å². The highest BCUT2D eigenvalue weighted by Crippen LogP contribution is 2.10. The van der Waals surface area contributed by atoms with Crippen molar-refractivity contribution in [2.24, 2.45) is 0 Å². The van der Waals surface area contributed by atoms with Gasteiger partial charge in [-0.25, -0.2) is 4.39 Å². The summed E-state index contributed by atoms with van der Waals surface area (Å²) in [6, 6.07) is 11.9. The molecule has 3 rings (SSSR count). The molecule has 2 heterocycles. The maximum Gasteiger partial charge on any atom is 0.238 e. The van der Waals surface area contributed by atoms with Crippen molar-refractivity contribution in [2.45, 2.75) is 6.54 Å². The van der Waals surface area contributed by atoms with Crippen LogP contribution in [0.2, 0.25) is 0 Å². The highest BCUT2D eigenvalue weighted by Gasteiger charge is 2.19. The van der Waals surface area contributed by atoms with Gasteiger partial charge in [-0.05, 0) is 30.3 Å². The Hall–Kier alpha value is -2.31. The summed E-state index contributed by atoms with van der Waals surface area (Å²) in [7, 11) is 0. The number of benzene rings is 1. The first-order valence-corrected chi connectivity index (χ1v) is 8.09. The summed E-state index contributed by atoms with van der Waals surface area (Å²) in [6.07, 6.45) is 1.81. The lowest BCUT2D eigenvalue weighted by atomic mass is 10.2. The Morgan fingerprint density at radius 3 is 2.58 bits per heavy atom. The molecule has 1 N–H and O–H groups in total. The number of carbonyl (C=O) groups is 1. The second kappa shape index (κ2) is 7.99. The first-order valence-electron chi connectivity index (χ1n) is 8.09. The fraction of sp³-hybridized carbons (Fsp3) is 0.333. The molecule has 0 unspecified atom stereocenters. The molecule has 1 amide bonds. The van der Waals surface area contributed by atoms with Crippen LogP contribution in [0.25, 0.3) is 0 Å². The van der Waals surface area contributed by atoms with Crippen LogP contribution in [0.5, 0.6) is 0 Å². The lowest BCUT2D eigenvalue weighted by Crippen LogP contribution is -2.48. The Morgan fingerprint density at radius 1 is 1.08 bits per heavy atom. The summed E-state index contributed by atoms with van der Waals surface area (Å²) < 4.78 is 13.1. The number of hydrogen-bond acceptors (Lipinski definition) is 4. The number of aromatic nitrogens is 1. The summed E-state index contributed by atoms with van der Waals surface area (Å²) in [4.78, 5) is 20.9. The lowest BCUT2D eigenvalue weighted by molar-refractivity contribution is -0.117. The average Bonchev–Trinajstić information content (AvgIpc) is 2.57. The molecule has 24 heavy (non-hydrogen) atoms. The molecule has 0 radical (unpaired) electrons. The predicted molar refractivity (Wildman–Crippen MR) is 91.0 cm³/mol. The standard InChI is InChI=1S/C18H21FN4O/c19-15-4-3-6-16(12-15)21-18(24)14-23-10-8-22(9-11-23)13-17-5-1-2-7-20-17/h1-7,12H,8-11,13-14H2,(H,21,24). The molecule has 1 aliphatic rings. The van der Waals surface area contributed by atoms with E-state index in [1.807, 2.05) is 24.4 Å². The summed E-state index contributed by atoms with van der Waals surface area (Å²) in [6.45, 7) is 4.65. The minimum atomic E-state index is -0.351. The number of nitrogens with zero attached hydrogens (tertiary/aromatic N) is 3. The minimum absolute atomic E-state index is 0.112. The largest absolute Gasteiger partial charge is 0.325 e. The zero-order valence-electron chi connectivity index (χ0n) is 13.5. The van der Waals surface area contributed by atoms with Gasteiger partial charge >= 0.3 is 0 Å². The highest BCUT2D eigenvalue weighted by atomic mass is 19.1. The molecular formula is C18H21FN4O. The van der Waals surface area contributed by atoms with E-state index in [0.29, 0.717) is 12.2 Å². The number of carbonyl (C=O) groups excluding carboxylic acids is 1. The van der Waals surface area contributed by atoms with Gasteiger partial charge in [-0.3, -0.25) is 19.6 Å². The molecule has 1 aliphatic heterocycles. The number of rotatable bonds is 5. The summed E-state index contributed by atoms with van der Waals surface area (Å²) in [5.41, 5.74) is 1.56. The van der Waals surface area contributed by atoms with Crippen LogP contribution in [0, 0.1) is 5.82 Å². The van der Waals surface area contributed by atoms with Crippen LogP contribution in [0.4, 0.5) is 10.1 Å². The van der Waals surface area contributed by atoms with Crippen molar-refractivity contribution >= 4 is 11.6 Å². The van der Waals surface area contributed by atoms with Crippen LogP contribution in [0.1, 0.15) is 5.69 Å². The first-order chi connectivity index (χ1) is 11.7. The van der Waals surface area contributed by atoms with Crippen molar-refractivity contribution in [1.29, 1.82) is 0 Å². The second-order valence-electron chi connectivity index (χ2n) is 5.93. The third-order valence-corrected chi connectivity index (χ3v) is 4.05. The second-order valence-corrected chi connectivity index (χ2v) is 5.93. The topological polar surface area (TPSA) is 48.5 Å². The molecule has 1 fully saturated rings. The SMILES string of the molecule is O=C(CN1CCN(Cc2ccccn2)CC1)Nc1cccc(F)c1. The van der Waals surface area contributed by atoms with E-state index in [-0.39, 0.29) is 11.7 Å². The smallest absolute Gasteiger partial charge is 0.238 e. The monoisotopic (exact) mass is 328 g/mol. The number of piperazine rings is 1. The first kappa shape index (κ1) is 16.5. The minimum Gasteiger partial charge on any atom is -0.325 e. The lowest BCUT2D eigenvalue weighted by Gasteiger charge is -2.34. The Bertz CT molecular complexity index is 672. The molecule has 1 aromatic heterocycles. The van der Waals surface area contributed by atoms with Gasteiger partial charge in [0.2, 0.25) is 5.91 Å². The van der Waals surface area contributed by atoms with E-state index in [0.717, 1.165) is 38.4 Å². The Morgan fingerprint density at radius 2 is 1.88 bits per heavy atom. The highest BCUT2D eigenvalue weighted by molar-refractivity contribution is 5.92. The summed E-state index contributed by atoms with van der Waals surface area (Å²) in [5, 5.41) is 2.74. The molecule has 1 saturated heterocycles. The van der Waals surface area contributed by atoms with Gasteiger partial charge in [-0.15, -0.1) is 0 Å². The van der Waals surface area contributed by atoms with E-state index >= 15 is 0 Å². The van der Waals surface area contributed by atoms with Gasteiger partial charge < -0.3 is 5.32 Å². The van der Waals surface area contributed by atoms with Crippen molar-refractivity contribution in [3.05, 3.63) is 60.2 Å². The average molecular weight is 328 g/mol. The third-order valence-electron chi connectivity index (χ3n) is 4.05. The maximum atomic E-state index is 13.1. The number of halogens is 1. The van der Waals surface area contributed by atoms with E-state index in [9.17, 15) is 9.18 Å².